The highest BCUT2D eigenvalue weighted by Gasteiger charge is 2.57. The molecule has 3 fully saturated rings. The molecule has 4 nitrogen and oxygen atoms in total. The lowest BCUT2D eigenvalue weighted by atomic mass is 9.61. The van der Waals surface area contributed by atoms with Crippen LogP contribution in [0.2, 0.25) is 0 Å². The number of aliphatic imine (C=N–C) groups is 1. The van der Waals surface area contributed by atoms with Crippen LogP contribution in [0.25, 0.3) is 0 Å². The minimum absolute atomic E-state index is 0.311. The molecular formula is C15H27N3OS. The molecule has 2 saturated carbocycles. The normalized spacial score (nSPS) is 33.5. The zero-order chi connectivity index (χ0) is 14.0. The molecule has 3 aliphatic rings. The van der Waals surface area contributed by atoms with E-state index in [0.717, 1.165) is 32.1 Å². The molecule has 0 aromatic rings. The van der Waals surface area contributed by atoms with Crippen LogP contribution in [0.3, 0.4) is 0 Å². The van der Waals surface area contributed by atoms with Crippen molar-refractivity contribution in [1.29, 1.82) is 0 Å². The SMILES string of the molecule is CCOC1CC(N=C(N)N2CCSCC2)C12CCCC2. The lowest BCUT2D eigenvalue weighted by Gasteiger charge is -2.52. The molecule has 0 amide bonds. The third-order valence-electron chi connectivity index (χ3n) is 5.27. The van der Waals surface area contributed by atoms with Crippen LogP contribution in [-0.2, 0) is 4.74 Å². The summed E-state index contributed by atoms with van der Waals surface area (Å²) in [6.07, 6.45) is 6.70. The van der Waals surface area contributed by atoms with Crippen molar-refractivity contribution in [3.63, 3.8) is 0 Å². The van der Waals surface area contributed by atoms with Crippen LogP contribution in [-0.4, -0.2) is 54.2 Å². The average molecular weight is 297 g/mol. The van der Waals surface area contributed by atoms with Crippen molar-refractivity contribution in [2.75, 3.05) is 31.2 Å². The predicted octanol–water partition coefficient (Wildman–Crippen LogP) is 2.09. The highest BCUT2D eigenvalue weighted by molar-refractivity contribution is 7.99. The van der Waals surface area contributed by atoms with Crippen LogP contribution in [0.5, 0.6) is 0 Å². The van der Waals surface area contributed by atoms with Gasteiger partial charge in [0.2, 0.25) is 0 Å². The van der Waals surface area contributed by atoms with Gasteiger partial charge >= 0.3 is 0 Å². The quantitative estimate of drug-likeness (QED) is 0.640. The first-order valence-electron chi connectivity index (χ1n) is 8.04. The summed E-state index contributed by atoms with van der Waals surface area (Å²) in [4.78, 5) is 7.16. The summed E-state index contributed by atoms with van der Waals surface area (Å²) in [5.41, 5.74) is 6.57. The Kier molecular flexibility index (Phi) is 4.46. The van der Waals surface area contributed by atoms with Crippen LogP contribution in [0.4, 0.5) is 0 Å². The number of ether oxygens (including phenoxy) is 1. The highest BCUT2D eigenvalue weighted by atomic mass is 32.2. The fraction of sp³-hybridized carbons (Fsp3) is 0.933. The van der Waals surface area contributed by atoms with Crippen LogP contribution in [0.15, 0.2) is 4.99 Å². The smallest absolute Gasteiger partial charge is 0.191 e. The van der Waals surface area contributed by atoms with Crippen molar-refractivity contribution in [2.24, 2.45) is 16.1 Å². The number of nitrogens with two attached hydrogens (primary N) is 1. The Morgan fingerprint density at radius 1 is 1.35 bits per heavy atom. The molecule has 1 saturated heterocycles. The van der Waals surface area contributed by atoms with E-state index in [4.69, 9.17) is 15.5 Å². The van der Waals surface area contributed by atoms with Crippen LogP contribution in [0, 0.1) is 5.41 Å². The molecule has 2 atom stereocenters. The summed E-state index contributed by atoms with van der Waals surface area (Å²) in [6.45, 7) is 5.02. The Balaban J connectivity index is 1.67. The van der Waals surface area contributed by atoms with Gasteiger partial charge < -0.3 is 15.4 Å². The van der Waals surface area contributed by atoms with Gasteiger partial charge in [-0.2, -0.15) is 11.8 Å². The number of guanidine groups is 1. The van der Waals surface area contributed by atoms with Gasteiger partial charge in [0.25, 0.3) is 0 Å². The van der Waals surface area contributed by atoms with Gasteiger partial charge in [-0.25, -0.2) is 4.99 Å². The lowest BCUT2D eigenvalue weighted by Crippen LogP contribution is -2.57. The minimum Gasteiger partial charge on any atom is -0.378 e. The molecule has 2 N–H and O–H groups in total. The van der Waals surface area contributed by atoms with Crippen molar-refractivity contribution in [3.05, 3.63) is 0 Å². The second-order valence-corrected chi connectivity index (χ2v) is 7.45. The zero-order valence-corrected chi connectivity index (χ0v) is 13.3. The summed E-state index contributed by atoms with van der Waals surface area (Å²) in [7, 11) is 0. The number of hydrogen-bond acceptors (Lipinski definition) is 3. The summed E-state index contributed by atoms with van der Waals surface area (Å²) in [5.74, 6) is 3.12. The second kappa shape index (κ2) is 6.14. The molecule has 3 rings (SSSR count). The number of thioether (sulfide) groups is 1. The molecule has 0 aromatic carbocycles. The van der Waals surface area contributed by atoms with Gasteiger partial charge in [-0.3, -0.25) is 0 Å². The maximum absolute atomic E-state index is 6.25. The molecule has 5 heteroatoms. The van der Waals surface area contributed by atoms with E-state index >= 15 is 0 Å². The van der Waals surface area contributed by atoms with E-state index in [2.05, 4.69) is 11.8 Å². The Bertz CT molecular complexity index is 362. The first kappa shape index (κ1) is 14.5. The van der Waals surface area contributed by atoms with E-state index in [1.807, 2.05) is 11.8 Å². The van der Waals surface area contributed by atoms with Gasteiger partial charge in [-0.1, -0.05) is 12.8 Å². The monoisotopic (exact) mass is 297 g/mol. The fourth-order valence-corrected chi connectivity index (χ4v) is 4.97. The average Bonchev–Trinajstić information content (AvgIpc) is 2.99. The Morgan fingerprint density at radius 2 is 2.05 bits per heavy atom. The maximum atomic E-state index is 6.25. The molecule has 0 bridgehead atoms. The third kappa shape index (κ3) is 2.54. The van der Waals surface area contributed by atoms with Crippen molar-refractivity contribution >= 4 is 17.7 Å². The minimum atomic E-state index is 0.311. The molecule has 2 unspecified atom stereocenters. The molecule has 1 heterocycles. The lowest BCUT2D eigenvalue weighted by molar-refractivity contribution is -0.119. The van der Waals surface area contributed by atoms with Crippen LogP contribution < -0.4 is 5.73 Å². The van der Waals surface area contributed by atoms with Gasteiger partial charge in [-0.15, -0.1) is 0 Å². The van der Waals surface area contributed by atoms with Gasteiger partial charge in [-0.05, 0) is 26.2 Å². The first-order chi connectivity index (χ1) is 9.76. The topological polar surface area (TPSA) is 50.9 Å². The molecule has 20 heavy (non-hydrogen) atoms. The van der Waals surface area contributed by atoms with E-state index < -0.39 is 0 Å². The summed E-state index contributed by atoms with van der Waals surface area (Å²) >= 11 is 2.01. The van der Waals surface area contributed by atoms with Gasteiger partial charge in [0, 0.05) is 36.6 Å². The number of rotatable bonds is 3. The molecule has 1 aliphatic heterocycles. The Hall–Kier alpha value is -0.420. The van der Waals surface area contributed by atoms with Crippen molar-refractivity contribution < 1.29 is 4.74 Å². The maximum Gasteiger partial charge on any atom is 0.191 e. The standard InChI is InChI=1S/C15H27N3OS/c1-2-19-13-11-12(15(13)5-3-4-6-15)17-14(16)18-7-9-20-10-8-18/h12-13H,2-11H2,1H3,(H2,16,17). The molecule has 0 aromatic heterocycles. The van der Waals surface area contributed by atoms with Gasteiger partial charge in [0.1, 0.15) is 0 Å². The molecule has 114 valence electrons. The summed E-state index contributed by atoms with van der Waals surface area (Å²) in [5, 5.41) is 0. The largest absolute Gasteiger partial charge is 0.378 e. The fourth-order valence-electron chi connectivity index (χ4n) is 4.06. The van der Waals surface area contributed by atoms with E-state index in [0.29, 0.717) is 17.6 Å². The first-order valence-corrected chi connectivity index (χ1v) is 9.19. The second-order valence-electron chi connectivity index (χ2n) is 6.22. The predicted molar refractivity (Wildman–Crippen MR) is 85.2 cm³/mol. The molecule has 2 aliphatic carbocycles. The highest BCUT2D eigenvalue weighted by Crippen LogP contribution is 2.56. The number of nitrogens with zero attached hydrogens (tertiary/aromatic N) is 2. The van der Waals surface area contributed by atoms with Crippen molar-refractivity contribution in [3.8, 4) is 0 Å². The van der Waals surface area contributed by atoms with E-state index in [9.17, 15) is 0 Å². The third-order valence-corrected chi connectivity index (χ3v) is 6.21. The Labute approximate surface area is 126 Å². The molecule has 0 radical (unpaired) electrons. The zero-order valence-electron chi connectivity index (χ0n) is 12.5. The molecular weight excluding hydrogens is 270 g/mol. The van der Waals surface area contributed by atoms with E-state index in [1.165, 1.54) is 37.2 Å². The summed E-state index contributed by atoms with van der Waals surface area (Å²) < 4.78 is 5.95. The van der Waals surface area contributed by atoms with Crippen molar-refractivity contribution in [2.45, 2.75) is 51.2 Å². The van der Waals surface area contributed by atoms with Gasteiger partial charge in [0.05, 0.1) is 12.1 Å². The van der Waals surface area contributed by atoms with E-state index in [-0.39, 0.29) is 0 Å². The van der Waals surface area contributed by atoms with E-state index in [1.54, 1.807) is 0 Å². The van der Waals surface area contributed by atoms with Crippen LogP contribution in [0.1, 0.15) is 39.0 Å². The van der Waals surface area contributed by atoms with Crippen molar-refractivity contribution in [1.82, 2.24) is 4.90 Å². The van der Waals surface area contributed by atoms with Gasteiger partial charge in [0.15, 0.2) is 5.96 Å². The summed E-state index contributed by atoms with van der Waals surface area (Å²) in [6, 6.07) is 0.399. The Morgan fingerprint density at radius 3 is 2.70 bits per heavy atom. The molecule has 1 spiro atoms. The van der Waals surface area contributed by atoms with Crippen LogP contribution >= 0.6 is 11.8 Å². The number of hydrogen-bond donors (Lipinski definition) is 1.